The van der Waals surface area contributed by atoms with Crippen molar-refractivity contribution in [3.63, 3.8) is 0 Å². The summed E-state index contributed by atoms with van der Waals surface area (Å²) in [7, 11) is 1.50. The molecule has 0 saturated heterocycles. The first-order chi connectivity index (χ1) is 14.4. The van der Waals surface area contributed by atoms with Crippen LogP contribution in [0.5, 0.6) is 5.75 Å². The molecule has 9 nitrogen and oxygen atoms in total. The van der Waals surface area contributed by atoms with E-state index in [0.29, 0.717) is 17.7 Å². The monoisotopic (exact) mass is 412 g/mol. The summed E-state index contributed by atoms with van der Waals surface area (Å²) in [6.07, 6.45) is 1.58. The molecule has 2 aromatic carbocycles. The summed E-state index contributed by atoms with van der Waals surface area (Å²) in [6.45, 7) is 4.02. The van der Waals surface area contributed by atoms with Crippen molar-refractivity contribution in [3.8, 4) is 5.75 Å². The molecule has 9 heteroatoms. The van der Waals surface area contributed by atoms with Gasteiger partial charge in [-0.05, 0) is 44.0 Å². The number of nitrogens with two attached hydrogens (primary N) is 1. The number of nitrogens with one attached hydrogen (secondary N) is 3. The third-order valence-corrected chi connectivity index (χ3v) is 4.17. The quantitative estimate of drug-likeness (QED) is 0.176. The standard InChI is InChI=1S/C21H28N6O3/c1-14(2)24-16-9-10-20(30-3)17(12-16)21(29)25-18(19(28)13-23-27-26-22)11-15-7-5-4-6-8-15/h4-10,12-14,18,24,28H,11H2,1-3H3,(H2,22,27)(H,23,26)(H,25,29)/t18-/m0/s1. The number of amides is 1. The van der Waals surface area contributed by atoms with Crippen molar-refractivity contribution in [2.75, 3.05) is 12.4 Å². The molecule has 0 aliphatic carbocycles. The molecule has 2 aromatic rings. The molecule has 2 rings (SSSR count). The van der Waals surface area contributed by atoms with E-state index in [1.165, 1.54) is 13.3 Å². The number of hydrogen-bond donors (Lipinski definition) is 5. The molecule has 0 saturated carbocycles. The van der Waals surface area contributed by atoms with Crippen molar-refractivity contribution >= 4 is 11.6 Å². The lowest BCUT2D eigenvalue weighted by atomic mass is 10.0. The summed E-state index contributed by atoms with van der Waals surface area (Å²) in [5.41, 5.74) is 4.48. The van der Waals surface area contributed by atoms with Gasteiger partial charge in [0.25, 0.3) is 5.91 Å². The van der Waals surface area contributed by atoms with Crippen LogP contribution in [0, 0.1) is 0 Å². The van der Waals surface area contributed by atoms with Crippen LogP contribution in [-0.2, 0) is 6.42 Å². The largest absolute Gasteiger partial charge is 0.509 e. The molecule has 1 atom stereocenters. The second kappa shape index (κ2) is 11.3. The van der Waals surface area contributed by atoms with Gasteiger partial charge in [-0.25, -0.2) is 0 Å². The number of aliphatic hydroxyl groups is 1. The average molecular weight is 412 g/mol. The number of hydrogen-bond acceptors (Lipinski definition) is 6. The van der Waals surface area contributed by atoms with E-state index < -0.39 is 6.04 Å². The van der Waals surface area contributed by atoms with Crippen molar-refractivity contribution in [3.05, 3.63) is 71.6 Å². The number of rotatable bonds is 10. The maximum absolute atomic E-state index is 13.1. The predicted molar refractivity (Wildman–Crippen MR) is 116 cm³/mol. The van der Waals surface area contributed by atoms with E-state index >= 15 is 0 Å². The predicted octanol–water partition coefficient (Wildman–Crippen LogP) is 3.09. The Kier molecular flexibility index (Phi) is 8.49. The molecule has 0 fully saturated rings. The van der Waals surface area contributed by atoms with Crippen LogP contribution in [0.15, 0.2) is 70.9 Å². The van der Waals surface area contributed by atoms with Crippen LogP contribution in [0.25, 0.3) is 0 Å². The third-order valence-electron chi connectivity index (χ3n) is 4.17. The fraction of sp³-hybridized carbons (Fsp3) is 0.286. The fourth-order valence-electron chi connectivity index (χ4n) is 2.85. The summed E-state index contributed by atoms with van der Waals surface area (Å²) in [4.78, 5) is 13.1. The number of ether oxygens (including phenoxy) is 1. The Bertz CT molecular complexity index is 884. The van der Waals surface area contributed by atoms with Crippen LogP contribution in [0.1, 0.15) is 29.8 Å². The lowest BCUT2D eigenvalue weighted by Gasteiger charge is -2.20. The van der Waals surface area contributed by atoms with Crippen LogP contribution < -0.4 is 26.6 Å². The van der Waals surface area contributed by atoms with Crippen molar-refractivity contribution in [2.45, 2.75) is 32.4 Å². The van der Waals surface area contributed by atoms with Crippen LogP contribution >= 0.6 is 0 Å². The molecule has 0 aliphatic rings. The summed E-state index contributed by atoms with van der Waals surface area (Å²) in [5, 5.41) is 23.0. The first kappa shape index (κ1) is 22.5. The smallest absolute Gasteiger partial charge is 0.255 e. The molecule has 30 heavy (non-hydrogen) atoms. The Morgan fingerprint density at radius 2 is 1.97 bits per heavy atom. The van der Waals surface area contributed by atoms with Crippen LogP contribution in [0.4, 0.5) is 5.69 Å². The highest BCUT2D eigenvalue weighted by Gasteiger charge is 2.21. The van der Waals surface area contributed by atoms with Gasteiger partial charge < -0.3 is 26.3 Å². The number of carbonyl (C=O) groups excluding carboxylic acids is 1. The first-order valence-corrected chi connectivity index (χ1v) is 9.48. The molecule has 160 valence electrons. The number of methoxy groups -OCH3 is 1. The minimum atomic E-state index is -0.716. The maximum Gasteiger partial charge on any atom is 0.255 e. The van der Waals surface area contributed by atoms with Gasteiger partial charge in [0.1, 0.15) is 11.5 Å². The molecule has 0 radical (unpaired) electrons. The third kappa shape index (κ3) is 6.69. The Hall–Kier alpha value is -3.75. The molecular weight excluding hydrogens is 384 g/mol. The molecule has 0 aliphatic heterocycles. The fourth-order valence-corrected chi connectivity index (χ4v) is 2.85. The van der Waals surface area contributed by atoms with Gasteiger partial charge in [-0.3, -0.25) is 10.2 Å². The van der Waals surface area contributed by atoms with Crippen LogP contribution in [0.2, 0.25) is 0 Å². The highest BCUT2D eigenvalue weighted by molar-refractivity contribution is 5.98. The average Bonchev–Trinajstić information content (AvgIpc) is 2.73. The zero-order valence-electron chi connectivity index (χ0n) is 17.3. The lowest BCUT2D eigenvalue weighted by molar-refractivity contribution is 0.0930. The van der Waals surface area contributed by atoms with E-state index in [4.69, 9.17) is 10.6 Å². The summed E-state index contributed by atoms with van der Waals surface area (Å²) in [6, 6.07) is 14.3. The molecule has 6 N–H and O–H groups in total. The van der Waals surface area contributed by atoms with Crippen LogP contribution in [0.3, 0.4) is 0 Å². The topological polar surface area (TPSA) is 133 Å². The highest BCUT2D eigenvalue weighted by Crippen LogP contribution is 2.23. The molecule has 1 amide bonds. The van der Waals surface area contributed by atoms with Crippen LogP contribution in [-0.4, -0.2) is 30.2 Å². The van der Waals surface area contributed by atoms with Gasteiger partial charge in [0.2, 0.25) is 0 Å². The second-order valence-electron chi connectivity index (χ2n) is 6.84. The van der Waals surface area contributed by atoms with Gasteiger partial charge >= 0.3 is 0 Å². The minimum absolute atomic E-state index is 0.130. The number of nitrogens with zero attached hydrogens (tertiary/aromatic N) is 2. The summed E-state index contributed by atoms with van der Waals surface area (Å²) in [5.74, 6) is 4.86. The van der Waals surface area contributed by atoms with E-state index in [9.17, 15) is 9.90 Å². The Labute approximate surface area is 176 Å². The van der Waals surface area contributed by atoms with Gasteiger partial charge in [-0.15, -0.1) is 0 Å². The van der Waals surface area contributed by atoms with Gasteiger partial charge in [-0.1, -0.05) is 40.8 Å². The highest BCUT2D eigenvalue weighted by atomic mass is 16.5. The molecular formula is C21H28N6O3. The van der Waals surface area contributed by atoms with Gasteiger partial charge in [0, 0.05) is 11.7 Å². The minimum Gasteiger partial charge on any atom is -0.509 e. The molecule has 0 unspecified atom stereocenters. The van der Waals surface area contributed by atoms with E-state index in [1.54, 1.807) is 12.1 Å². The molecule has 0 bridgehead atoms. The molecule has 0 spiro atoms. The number of anilines is 1. The van der Waals surface area contributed by atoms with Gasteiger partial charge in [0.05, 0.1) is 24.9 Å². The molecule has 0 aromatic heterocycles. The Morgan fingerprint density at radius 3 is 2.60 bits per heavy atom. The number of aliphatic hydroxyl groups excluding tert-OH is 1. The first-order valence-electron chi connectivity index (χ1n) is 9.48. The zero-order valence-corrected chi connectivity index (χ0v) is 17.3. The van der Waals surface area contributed by atoms with Crippen molar-refractivity contribution < 1.29 is 14.6 Å². The lowest BCUT2D eigenvalue weighted by Crippen LogP contribution is -2.38. The maximum atomic E-state index is 13.1. The SMILES string of the molecule is COc1ccc(NC(C)C)cc1C(=O)N[C@@H](Cc1ccccc1)C(O)=CNN=NN. The van der Waals surface area contributed by atoms with E-state index in [0.717, 1.165) is 11.3 Å². The van der Waals surface area contributed by atoms with E-state index in [2.05, 4.69) is 26.5 Å². The van der Waals surface area contributed by atoms with Gasteiger partial charge in [0.15, 0.2) is 0 Å². The second-order valence-corrected chi connectivity index (χ2v) is 6.84. The number of benzene rings is 2. The Balaban J connectivity index is 2.29. The van der Waals surface area contributed by atoms with Gasteiger partial charge in [-0.2, -0.15) is 0 Å². The van der Waals surface area contributed by atoms with Crippen molar-refractivity contribution in [1.29, 1.82) is 0 Å². The Morgan fingerprint density at radius 1 is 1.23 bits per heavy atom. The normalized spacial score (nSPS) is 12.6. The van der Waals surface area contributed by atoms with E-state index in [1.807, 2.05) is 50.2 Å². The zero-order chi connectivity index (χ0) is 21.9. The number of carbonyl (C=O) groups is 1. The summed E-state index contributed by atoms with van der Waals surface area (Å²) < 4.78 is 5.35. The van der Waals surface area contributed by atoms with E-state index in [-0.39, 0.29) is 17.7 Å². The molecule has 0 heterocycles. The summed E-state index contributed by atoms with van der Waals surface area (Å²) >= 11 is 0. The van der Waals surface area contributed by atoms with Crippen molar-refractivity contribution in [2.24, 2.45) is 16.3 Å². The van der Waals surface area contributed by atoms with Crippen molar-refractivity contribution in [1.82, 2.24) is 10.7 Å².